The van der Waals surface area contributed by atoms with Gasteiger partial charge in [0.1, 0.15) is 0 Å². The Kier molecular flexibility index (Phi) is 1.96. The molecule has 2 heteroatoms. The summed E-state index contributed by atoms with van der Waals surface area (Å²) in [6.45, 7) is 4.54. The van der Waals surface area contributed by atoms with E-state index < -0.39 is 0 Å². The van der Waals surface area contributed by atoms with Crippen molar-refractivity contribution in [3.8, 4) is 0 Å². The van der Waals surface area contributed by atoms with Crippen molar-refractivity contribution < 1.29 is 0 Å². The summed E-state index contributed by atoms with van der Waals surface area (Å²) >= 11 is 0. The lowest BCUT2D eigenvalue weighted by Gasteiger charge is -2.41. The lowest BCUT2D eigenvalue weighted by atomic mass is 9.84. The Morgan fingerprint density at radius 1 is 1.45 bits per heavy atom. The maximum atomic E-state index is 5.50. The molecule has 2 N–H and O–H groups in total. The largest absolute Gasteiger partial charge is 0.327 e. The Labute approximate surface area is 68.1 Å². The van der Waals surface area contributed by atoms with E-state index in [-0.39, 0.29) is 0 Å². The average Bonchev–Trinajstić information content (AvgIpc) is 2.07. The molecule has 2 nitrogen and oxygen atoms in total. The summed E-state index contributed by atoms with van der Waals surface area (Å²) in [5, 5.41) is 0. The fourth-order valence-corrected chi connectivity index (χ4v) is 2.23. The first-order chi connectivity index (χ1) is 5.40. The van der Waals surface area contributed by atoms with E-state index in [0.29, 0.717) is 0 Å². The highest BCUT2D eigenvalue weighted by molar-refractivity contribution is 5.15. The van der Waals surface area contributed by atoms with Crippen molar-refractivity contribution >= 4 is 0 Å². The first-order valence-corrected chi connectivity index (χ1v) is 4.51. The number of fused-ring (bicyclic) bond motifs is 3. The number of nitrogens with zero attached hydrogens (tertiary/aromatic N) is 1. The molecule has 0 spiro atoms. The summed E-state index contributed by atoms with van der Waals surface area (Å²) in [5.74, 6) is 0.878. The third-order valence-electron chi connectivity index (χ3n) is 2.90. The smallest absolute Gasteiger partial charge is 0.0196 e. The SMILES string of the molecule is NCC=C1CN2CCC1CC2. The summed E-state index contributed by atoms with van der Waals surface area (Å²) in [4.78, 5) is 2.53. The van der Waals surface area contributed by atoms with Crippen LogP contribution < -0.4 is 5.73 Å². The third-order valence-corrected chi connectivity index (χ3v) is 2.90. The van der Waals surface area contributed by atoms with E-state index in [1.165, 1.54) is 32.5 Å². The number of piperidine rings is 3. The van der Waals surface area contributed by atoms with Crippen LogP contribution in [0.5, 0.6) is 0 Å². The Morgan fingerprint density at radius 3 is 2.64 bits per heavy atom. The van der Waals surface area contributed by atoms with Crippen LogP contribution in [0.25, 0.3) is 0 Å². The van der Waals surface area contributed by atoms with Gasteiger partial charge in [-0.15, -0.1) is 0 Å². The van der Waals surface area contributed by atoms with Crippen LogP contribution in [0.15, 0.2) is 11.6 Å². The van der Waals surface area contributed by atoms with Gasteiger partial charge in [-0.3, -0.25) is 4.90 Å². The molecule has 0 aromatic carbocycles. The number of rotatable bonds is 1. The molecule has 62 valence electrons. The van der Waals surface area contributed by atoms with E-state index in [1.54, 1.807) is 5.57 Å². The normalized spacial score (nSPS) is 39.9. The highest BCUT2D eigenvalue weighted by atomic mass is 15.1. The van der Waals surface area contributed by atoms with Crippen LogP contribution in [0.2, 0.25) is 0 Å². The molecule has 2 bridgehead atoms. The molecule has 0 unspecified atom stereocenters. The molecule has 3 aliphatic rings. The van der Waals surface area contributed by atoms with Crippen LogP contribution >= 0.6 is 0 Å². The lowest BCUT2D eigenvalue weighted by molar-refractivity contribution is 0.161. The van der Waals surface area contributed by atoms with Gasteiger partial charge < -0.3 is 5.73 Å². The van der Waals surface area contributed by atoms with Gasteiger partial charge in [0.05, 0.1) is 0 Å². The first kappa shape index (κ1) is 7.32. The van der Waals surface area contributed by atoms with Crippen molar-refractivity contribution in [2.45, 2.75) is 12.8 Å². The summed E-state index contributed by atoms with van der Waals surface area (Å²) in [6, 6.07) is 0. The molecule has 3 heterocycles. The Hall–Kier alpha value is -0.340. The van der Waals surface area contributed by atoms with Crippen molar-refractivity contribution in [2.24, 2.45) is 11.7 Å². The maximum Gasteiger partial charge on any atom is 0.0196 e. The maximum absolute atomic E-state index is 5.50. The third kappa shape index (κ3) is 1.33. The highest BCUT2D eigenvalue weighted by Gasteiger charge is 2.28. The predicted octanol–water partition coefficient (Wildman–Crippen LogP) is 0.597. The second kappa shape index (κ2) is 2.95. The zero-order chi connectivity index (χ0) is 7.68. The zero-order valence-electron chi connectivity index (χ0n) is 6.92. The van der Waals surface area contributed by atoms with Gasteiger partial charge in [0.15, 0.2) is 0 Å². The van der Waals surface area contributed by atoms with Gasteiger partial charge in [0.25, 0.3) is 0 Å². The topological polar surface area (TPSA) is 29.3 Å². The minimum Gasteiger partial charge on any atom is -0.327 e. The fourth-order valence-electron chi connectivity index (χ4n) is 2.23. The van der Waals surface area contributed by atoms with Crippen LogP contribution in [0, 0.1) is 5.92 Å². The van der Waals surface area contributed by atoms with Gasteiger partial charge in [-0.2, -0.15) is 0 Å². The van der Waals surface area contributed by atoms with Crippen molar-refractivity contribution in [1.82, 2.24) is 4.90 Å². The second-order valence-electron chi connectivity index (χ2n) is 3.57. The summed E-state index contributed by atoms with van der Waals surface area (Å²) in [6.07, 6.45) is 4.95. The van der Waals surface area contributed by atoms with Crippen LogP contribution in [0.4, 0.5) is 0 Å². The summed E-state index contributed by atoms with van der Waals surface area (Å²) in [7, 11) is 0. The van der Waals surface area contributed by atoms with Gasteiger partial charge in [-0.25, -0.2) is 0 Å². The quantitative estimate of drug-likeness (QED) is 0.557. The van der Waals surface area contributed by atoms with Gasteiger partial charge in [0.2, 0.25) is 0 Å². The second-order valence-corrected chi connectivity index (χ2v) is 3.57. The van der Waals surface area contributed by atoms with Gasteiger partial charge in [0, 0.05) is 13.1 Å². The average molecular weight is 152 g/mol. The van der Waals surface area contributed by atoms with Crippen molar-refractivity contribution in [3.63, 3.8) is 0 Å². The number of nitrogens with two attached hydrogens (primary N) is 1. The van der Waals surface area contributed by atoms with E-state index in [0.717, 1.165) is 12.5 Å². The van der Waals surface area contributed by atoms with E-state index in [9.17, 15) is 0 Å². The molecule has 0 aromatic heterocycles. The molecule has 3 saturated heterocycles. The summed E-state index contributed by atoms with van der Waals surface area (Å²) in [5.41, 5.74) is 7.10. The number of hydrogen-bond donors (Lipinski definition) is 1. The first-order valence-electron chi connectivity index (χ1n) is 4.51. The minimum atomic E-state index is 0.722. The molecule has 0 aromatic rings. The standard InChI is InChI=1S/C9H16N2/c10-4-1-9-7-11-5-2-8(9)3-6-11/h1,8H,2-7,10H2. The molecular weight excluding hydrogens is 136 g/mol. The van der Waals surface area contributed by atoms with Gasteiger partial charge in [-0.1, -0.05) is 11.6 Å². The van der Waals surface area contributed by atoms with E-state index in [1.807, 2.05) is 0 Å². The van der Waals surface area contributed by atoms with E-state index in [2.05, 4.69) is 11.0 Å². The van der Waals surface area contributed by atoms with E-state index in [4.69, 9.17) is 5.73 Å². The molecule has 3 rings (SSSR count). The Balaban J connectivity index is 2.08. The molecule has 0 amide bonds. The van der Waals surface area contributed by atoms with Gasteiger partial charge >= 0.3 is 0 Å². The molecule has 0 saturated carbocycles. The minimum absolute atomic E-state index is 0.722. The van der Waals surface area contributed by atoms with Crippen molar-refractivity contribution in [2.75, 3.05) is 26.2 Å². The van der Waals surface area contributed by atoms with Crippen molar-refractivity contribution in [3.05, 3.63) is 11.6 Å². The van der Waals surface area contributed by atoms with Gasteiger partial charge in [-0.05, 0) is 31.8 Å². The molecular formula is C9H16N2. The van der Waals surface area contributed by atoms with E-state index >= 15 is 0 Å². The Morgan fingerprint density at radius 2 is 2.18 bits per heavy atom. The van der Waals surface area contributed by atoms with Crippen LogP contribution in [-0.4, -0.2) is 31.1 Å². The fraction of sp³-hybridized carbons (Fsp3) is 0.778. The highest BCUT2D eigenvalue weighted by Crippen LogP contribution is 2.31. The van der Waals surface area contributed by atoms with Crippen molar-refractivity contribution in [1.29, 1.82) is 0 Å². The molecule has 0 radical (unpaired) electrons. The molecule has 0 aliphatic carbocycles. The molecule has 0 atom stereocenters. The van der Waals surface area contributed by atoms with Crippen LogP contribution in [-0.2, 0) is 0 Å². The van der Waals surface area contributed by atoms with Crippen LogP contribution in [0.3, 0.4) is 0 Å². The molecule has 11 heavy (non-hydrogen) atoms. The lowest BCUT2D eigenvalue weighted by Crippen LogP contribution is -2.43. The predicted molar refractivity (Wildman–Crippen MR) is 46.3 cm³/mol. The zero-order valence-corrected chi connectivity index (χ0v) is 6.92. The monoisotopic (exact) mass is 152 g/mol. The molecule has 3 fully saturated rings. The van der Waals surface area contributed by atoms with Crippen LogP contribution in [0.1, 0.15) is 12.8 Å². The Bertz CT molecular complexity index is 166. The number of hydrogen-bond acceptors (Lipinski definition) is 2. The molecule has 3 aliphatic heterocycles. The summed E-state index contributed by atoms with van der Waals surface area (Å²) < 4.78 is 0.